The number of hydrogen-bond donors (Lipinski definition) is 1. The molecule has 1 aliphatic rings. The number of thiazole rings is 1. The van der Waals surface area contributed by atoms with Crippen LogP contribution in [0.1, 0.15) is 36.4 Å². The molecule has 0 bridgehead atoms. The second-order valence-corrected chi connectivity index (χ2v) is 7.42. The smallest absolute Gasteiger partial charge is 0.250 e. The van der Waals surface area contributed by atoms with Crippen molar-refractivity contribution in [2.75, 3.05) is 0 Å². The Balaban J connectivity index is 1.54. The van der Waals surface area contributed by atoms with E-state index in [1.807, 2.05) is 6.20 Å². The van der Waals surface area contributed by atoms with Gasteiger partial charge in [0.15, 0.2) is 0 Å². The average molecular weight is 368 g/mol. The molecular formula is C15H18BrN3OS. The first-order valence-electron chi connectivity index (χ1n) is 7.15. The fourth-order valence-corrected chi connectivity index (χ4v) is 3.44. The summed E-state index contributed by atoms with van der Waals surface area (Å²) in [7, 11) is 0. The van der Waals surface area contributed by atoms with E-state index in [2.05, 4.69) is 38.5 Å². The normalized spacial score (nSPS) is 16.1. The molecule has 0 aliphatic heterocycles. The summed E-state index contributed by atoms with van der Waals surface area (Å²) in [4.78, 5) is 16.4. The number of halogens is 1. The maximum Gasteiger partial charge on any atom is 0.250 e. The van der Waals surface area contributed by atoms with Gasteiger partial charge in [-0.2, -0.15) is 0 Å². The van der Waals surface area contributed by atoms with Crippen molar-refractivity contribution in [1.82, 2.24) is 14.9 Å². The molecule has 2 heterocycles. The van der Waals surface area contributed by atoms with E-state index in [-0.39, 0.29) is 11.6 Å². The van der Waals surface area contributed by atoms with E-state index in [1.54, 1.807) is 28.0 Å². The number of pyridine rings is 1. The van der Waals surface area contributed by atoms with Gasteiger partial charge in [0.2, 0.25) is 0 Å². The Labute approximate surface area is 136 Å². The van der Waals surface area contributed by atoms with Crippen LogP contribution in [-0.4, -0.2) is 15.6 Å². The standard InChI is InChI=1S/C15H18BrN3OS/c1-10(7-19-8-12(16)4-5-15(19)20)17-6-14-18-13(9-21-14)11-2-3-11/h4-5,8-11,17H,2-3,6-7H2,1H3. The molecule has 0 radical (unpaired) electrons. The summed E-state index contributed by atoms with van der Waals surface area (Å²) < 4.78 is 2.64. The zero-order chi connectivity index (χ0) is 14.8. The molecule has 4 nitrogen and oxygen atoms in total. The van der Waals surface area contributed by atoms with Gasteiger partial charge in [0, 0.05) is 47.2 Å². The molecule has 1 unspecified atom stereocenters. The number of aromatic nitrogens is 2. The molecule has 0 saturated heterocycles. The quantitative estimate of drug-likeness (QED) is 0.852. The fraction of sp³-hybridized carbons (Fsp3) is 0.467. The molecule has 1 N–H and O–H groups in total. The highest BCUT2D eigenvalue weighted by Crippen LogP contribution is 2.40. The van der Waals surface area contributed by atoms with Crippen molar-refractivity contribution >= 4 is 27.3 Å². The second-order valence-electron chi connectivity index (χ2n) is 5.56. The predicted octanol–water partition coefficient (Wildman–Crippen LogP) is 3.12. The summed E-state index contributed by atoms with van der Waals surface area (Å²) in [5.41, 5.74) is 1.28. The zero-order valence-electron chi connectivity index (χ0n) is 11.9. The Hall–Kier alpha value is -0.980. The average Bonchev–Trinajstić information content (AvgIpc) is 3.20. The maximum absolute atomic E-state index is 11.8. The number of nitrogens with one attached hydrogen (secondary N) is 1. The molecule has 3 rings (SSSR count). The fourth-order valence-electron chi connectivity index (χ4n) is 2.24. The summed E-state index contributed by atoms with van der Waals surface area (Å²) in [6.07, 6.45) is 4.41. The minimum absolute atomic E-state index is 0.0251. The van der Waals surface area contributed by atoms with Crippen LogP contribution in [0.2, 0.25) is 0 Å². The van der Waals surface area contributed by atoms with Crippen LogP contribution in [0.15, 0.2) is 33.0 Å². The molecule has 2 aromatic rings. The van der Waals surface area contributed by atoms with E-state index >= 15 is 0 Å². The molecule has 1 atom stereocenters. The highest BCUT2D eigenvalue weighted by molar-refractivity contribution is 9.10. The summed E-state index contributed by atoms with van der Waals surface area (Å²) in [6, 6.07) is 3.57. The molecule has 1 fully saturated rings. The van der Waals surface area contributed by atoms with Crippen LogP contribution in [0.4, 0.5) is 0 Å². The van der Waals surface area contributed by atoms with Gasteiger partial charge in [-0.05, 0) is 41.8 Å². The lowest BCUT2D eigenvalue weighted by Gasteiger charge is -2.14. The molecular weight excluding hydrogens is 350 g/mol. The molecule has 0 amide bonds. The number of hydrogen-bond acceptors (Lipinski definition) is 4. The first-order valence-corrected chi connectivity index (χ1v) is 8.83. The Bertz CT molecular complexity index is 678. The van der Waals surface area contributed by atoms with E-state index < -0.39 is 0 Å². The predicted molar refractivity (Wildman–Crippen MR) is 88.8 cm³/mol. The lowest BCUT2D eigenvalue weighted by Crippen LogP contribution is -2.33. The van der Waals surface area contributed by atoms with Crippen LogP contribution in [0.25, 0.3) is 0 Å². The summed E-state index contributed by atoms with van der Waals surface area (Å²) >= 11 is 5.12. The number of rotatable bonds is 6. The van der Waals surface area contributed by atoms with Gasteiger partial charge >= 0.3 is 0 Å². The summed E-state index contributed by atoms with van der Waals surface area (Å²) in [6.45, 7) is 3.50. The van der Waals surface area contributed by atoms with E-state index in [0.717, 1.165) is 16.0 Å². The monoisotopic (exact) mass is 367 g/mol. The molecule has 2 aromatic heterocycles. The zero-order valence-corrected chi connectivity index (χ0v) is 14.3. The molecule has 0 aromatic carbocycles. The van der Waals surface area contributed by atoms with Crippen LogP contribution >= 0.6 is 27.3 Å². The van der Waals surface area contributed by atoms with Gasteiger partial charge in [-0.3, -0.25) is 4.79 Å². The maximum atomic E-state index is 11.8. The van der Waals surface area contributed by atoms with Crippen molar-refractivity contribution in [3.63, 3.8) is 0 Å². The first kappa shape index (κ1) is 14.9. The van der Waals surface area contributed by atoms with Gasteiger partial charge < -0.3 is 9.88 Å². The minimum atomic E-state index is 0.0251. The molecule has 21 heavy (non-hydrogen) atoms. The third kappa shape index (κ3) is 4.02. The van der Waals surface area contributed by atoms with Crippen LogP contribution in [0, 0.1) is 0 Å². The third-order valence-electron chi connectivity index (χ3n) is 3.58. The lowest BCUT2D eigenvalue weighted by molar-refractivity contribution is 0.468. The van der Waals surface area contributed by atoms with Gasteiger partial charge in [0.05, 0.1) is 5.69 Å². The Morgan fingerprint density at radius 2 is 2.33 bits per heavy atom. The SMILES string of the molecule is CC(Cn1cc(Br)ccc1=O)NCc1nc(C2CC2)cs1. The van der Waals surface area contributed by atoms with Crippen molar-refractivity contribution in [2.24, 2.45) is 0 Å². The second kappa shape index (κ2) is 6.42. The molecule has 0 spiro atoms. The minimum Gasteiger partial charge on any atom is -0.313 e. The van der Waals surface area contributed by atoms with Crippen LogP contribution < -0.4 is 10.9 Å². The van der Waals surface area contributed by atoms with E-state index in [4.69, 9.17) is 0 Å². The lowest BCUT2D eigenvalue weighted by atomic mass is 10.3. The van der Waals surface area contributed by atoms with Crippen molar-refractivity contribution < 1.29 is 0 Å². The van der Waals surface area contributed by atoms with Crippen LogP contribution in [0.3, 0.4) is 0 Å². The summed E-state index contributed by atoms with van der Waals surface area (Å²) in [5.74, 6) is 0.715. The van der Waals surface area contributed by atoms with Gasteiger partial charge in [0.1, 0.15) is 5.01 Å². The van der Waals surface area contributed by atoms with E-state index in [0.29, 0.717) is 12.5 Å². The molecule has 6 heteroatoms. The Morgan fingerprint density at radius 3 is 3.10 bits per heavy atom. The Kier molecular flexibility index (Phi) is 4.57. The highest BCUT2D eigenvalue weighted by Gasteiger charge is 2.25. The number of nitrogens with zero attached hydrogens (tertiary/aromatic N) is 2. The molecule has 1 aliphatic carbocycles. The van der Waals surface area contributed by atoms with Gasteiger partial charge in [-0.1, -0.05) is 0 Å². The Morgan fingerprint density at radius 1 is 1.52 bits per heavy atom. The molecule has 112 valence electrons. The topological polar surface area (TPSA) is 46.9 Å². The highest BCUT2D eigenvalue weighted by atomic mass is 79.9. The van der Waals surface area contributed by atoms with Crippen molar-refractivity contribution in [3.8, 4) is 0 Å². The third-order valence-corrected chi connectivity index (χ3v) is 4.92. The van der Waals surface area contributed by atoms with Crippen molar-refractivity contribution in [2.45, 2.75) is 44.8 Å². The van der Waals surface area contributed by atoms with E-state index in [1.165, 1.54) is 18.5 Å². The first-order chi connectivity index (χ1) is 10.1. The summed E-state index contributed by atoms with van der Waals surface area (Å²) in [5, 5.41) is 6.75. The van der Waals surface area contributed by atoms with E-state index in [9.17, 15) is 4.79 Å². The van der Waals surface area contributed by atoms with Crippen molar-refractivity contribution in [1.29, 1.82) is 0 Å². The van der Waals surface area contributed by atoms with Gasteiger partial charge in [-0.15, -0.1) is 11.3 Å². The van der Waals surface area contributed by atoms with Crippen molar-refractivity contribution in [3.05, 3.63) is 49.2 Å². The van der Waals surface area contributed by atoms with Crippen LogP contribution in [-0.2, 0) is 13.1 Å². The largest absolute Gasteiger partial charge is 0.313 e. The molecule has 1 saturated carbocycles. The van der Waals surface area contributed by atoms with Crippen LogP contribution in [0.5, 0.6) is 0 Å². The van der Waals surface area contributed by atoms with Gasteiger partial charge in [-0.25, -0.2) is 4.98 Å². The van der Waals surface area contributed by atoms with Gasteiger partial charge in [0.25, 0.3) is 5.56 Å².